The fraction of sp³-hybridized carbons (Fsp3) is 0.786. The van der Waals surface area contributed by atoms with Gasteiger partial charge in [0, 0.05) is 43.4 Å². The molecule has 0 bridgehead atoms. The van der Waals surface area contributed by atoms with Gasteiger partial charge in [-0.2, -0.15) is 5.10 Å². The lowest BCUT2D eigenvalue weighted by atomic mass is 9.83. The van der Waals surface area contributed by atoms with Crippen molar-refractivity contribution >= 4 is 0 Å². The van der Waals surface area contributed by atoms with Crippen LogP contribution in [-0.2, 0) is 7.05 Å². The third-order valence-electron chi connectivity index (χ3n) is 4.14. The van der Waals surface area contributed by atoms with Crippen LogP contribution in [0.15, 0.2) is 6.20 Å². The Morgan fingerprint density at radius 2 is 2.06 bits per heavy atom. The highest BCUT2D eigenvalue weighted by Gasteiger charge is 2.26. The molecule has 0 aliphatic rings. The molecule has 0 aromatic carbocycles. The maximum atomic E-state index is 9.56. The van der Waals surface area contributed by atoms with E-state index in [1.807, 2.05) is 18.7 Å². The summed E-state index contributed by atoms with van der Waals surface area (Å²) in [4.78, 5) is 0. The third kappa shape index (κ3) is 3.33. The van der Waals surface area contributed by atoms with E-state index in [0.29, 0.717) is 0 Å². The van der Waals surface area contributed by atoms with Gasteiger partial charge in [-0.1, -0.05) is 13.8 Å². The zero-order chi connectivity index (χ0) is 13.8. The highest BCUT2D eigenvalue weighted by molar-refractivity contribution is 5.19. The second-order valence-corrected chi connectivity index (χ2v) is 5.31. The SMILES string of the molecule is CCC(CC)(CO)CNC(C)c1cn(C)nc1C. The van der Waals surface area contributed by atoms with E-state index in [9.17, 15) is 5.11 Å². The Morgan fingerprint density at radius 3 is 2.44 bits per heavy atom. The predicted molar refractivity (Wildman–Crippen MR) is 74.5 cm³/mol. The van der Waals surface area contributed by atoms with Crippen LogP contribution in [0.5, 0.6) is 0 Å². The number of aliphatic hydroxyl groups excluding tert-OH is 1. The van der Waals surface area contributed by atoms with Crippen molar-refractivity contribution in [1.82, 2.24) is 15.1 Å². The smallest absolute Gasteiger partial charge is 0.0641 e. The normalized spacial score (nSPS) is 13.9. The molecule has 0 aliphatic heterocycles. The molecule has 0 fully saturated rings. The van der Waals surface area contributed by atoms with E-state index in [4.69, 9.17) is 0 Å². The van der Waals surface area contributed by atoms with Gasteiger partial charge in [0.1, 0.15) is 0 Å². The lowest BCUT2D eigenvalue weighted by Gasteiger charge is -2.31. The number of aromatic nitrogens is 2. The molecule has 0 aliphatic carbocycles. The number of hydrogen-bond donors (Lipinski definition) is 2. The predicted octanol–water partition coefficient (Wildman–Crippen LogP) is 2.18. The Bertz CT molecular complexity index is 361. The molecule has 0 amide bonds. The first kappa shape index (κ1) is 15.2. The van der Waals surface area contributed by atoms with E-state index in [1.54, 1.807) is 0 Å². The molecule has 0 radical (unpaired) electrons. The Hall–Kier alpha value is -0.870. The van der Waals surface area contributed by atoms with Crippen LogP contribution in [0.4, 0.5) is 0 Å². The molecule has 1 rings (SSSR count). The number of nitrogens with zero attached hydrogens (tertiary/aromatic N) is 2. The summed E-state index contributed by atoms with van der Waals surface area (Å²) >= 11 is 0. The maximum Gasteiger partial charge on any atom is 0.0641 e. The standard InChI is InChI=1S/C14H27N3O/c1-6-14(7-2,10-18)9-15-11(3)13-8-17(5)16-12(13)4/h8,11,15,18H,6-7,9-10H2,1-5H3. The van der Waals surface area contributed by atoms with E-state index >= 15 is 0 Å². The minimum Gasteiger partial charge on any atom is -0.396 e. The van der Waals surface area contributed by atoms with Crippen molar-refractivity contribution in [3.63, 3.8) is 0 Å². The summed E-state index contributed by atoms with van der Waals surface area (Å²) in [7, 11) is 1.94. The molecule has 1 atom stereocenters. The summed E-state index contributed by atoms with van der Waals surface area (Å²) in [5, 5.41) is 17.5. The molecule has 0 saturated carbocycles. The molecule has 2 N–H and O–H groups in total. The molecule has 18 heavy (non-hydrogen) atoms. The first-order chi connectivity index (χ1) is 8.48. The van der Waals surface area contributed by atoms with Gasteiger partial charge in [-0.25, -0.2) is 0 Å². The molecular formula is C14H27N3O. The minimum atomic E-state index is 0.00434. The molecule has 1 aromatic rings. The van der Waals surface area contributed by atoms with Gasteiger partial charge in [-0.15, -0.1) is 0 Å². The average molecular weight is 253 g/mol. The highest BCUT2D eigenvalue weighted by atomic mass is 16.3. The second-order valence-electron chi connectivity index (χ2n) is 5.31. The van der Waals surface area contributed by atoms with Crippen molar-refractivity contribution in [1.29, 1.82) is 0 Å². The fourth-order valence-electron chi connectivity index (χ4n) is 2.30. The van der Waals surface area contributed by atoms with Crippen LogP contribution in [0.2, 0.25) is 0 Å². The number of aliphatic hydroxyl groups is 1. The van der Waals surface area contributed by atoms with Gasteiger partial charge in [0.25, 0.3) is 0 Å². The first-order valence-corrected chi connectivity index (χ1v) is 6.82. The summed E-state index contributed by atoms with van der Waals surface area (Å²) in [5.74, 6) is 0. The molecule has 0 spiro atoms. The van der Waals surface area contributed by atoms with Gasteiger partial charge in [0.05, 0.1) is 5.69 Å². The summed E-state index contributed by atoms with van der Waals surface area (Å²) in [6.07, 6.45) is 4.04. The highest BCUT2D eigenvalue weighted by Crippen LogP contribution is 2.26. The van der Waals surface area contributed by atoms with Crippen LogP contribution < -0.4 is 5.32 Å². The van der Waals surface area contributed by atoms with Gasteiger partial charge < -0.3 is 10.4 Å². The van der Waals surface area contributed by atoms with Crippen LogP contribution in [0.25, 0.3) is 0 Å². The van der Waals surface area contributed by atoms with Gasteiger partial charge in [0.15, 0.2) is 0 Å². The second kappa shape index (κ2) is 6.34. The molecule has 1 aromatic heterocycles. The molecule has 4 nitrogen and oxygen atoms in total. The monoisotopic (exact) mass is 253 g/mol. The topological polar surface area (TPSA) is 50.1 Å². The quantitative estimate of drug-likeness (QED) is 0.783. The molecule has 104 valence electrons. The Morgan fingerprint density at radius 1 is 1.44 bits per heavy atom. The summed E-state index contributed by atoms with van der Waals surface area (Å²) in [6.45, 7) is 9.55. The number of rotatable bonds is 7. The lowest BCUT2D eigenvalue weighted by molar-refractivity contribution is 0.110. The zero-order valence-electron chi connectivity index (χ0n) is 12.3. The molecule has 1 heterocycles. The number of nitrogens with one attached hydrogen (secondary N) is 1. The fourth-order valence-corrected chi connectivity index (χ4v) is 2.30. The van der Waals surface area contributed by atoms with Crippen molar-refractivity contribution < 1.29 is 5.11 Å². The van der Waals surface area contributed by atoms with Crippen LogP contribution >= 0.6 is 0 Å². The summed E-state index contributed by atoms with van der Waals surface area (Å²) < 4.78 is 1.85. The minimum absolute atomic E-state index is 0.00434. The Labute approximate surface area is 110 Å². The van der Waals surface area contributed by atoms with Crippen LogP contribution in [0.3, 0.4) is 0 Å². The summed E-state index contributed by atoms with van der Waals surface area (Å²) in [5.41, 5.74) is 2.31. The van der Waals surface area contributed by atoms with E-state index in [1.165, 1.54) is 5.56 Å². The van der Waals surface area contributed by atoms with Crippen LogP contribution in [-0.4, -0.2) is 28.0 Å². The van der Waals surface area contributed by atoms with Crippen molar-refractivity contribution in [3.05, 3.63) is 17.5 Å². The Balaban J connectivity index is 2.65. The van der Waals surface area contributed by atoms with E-state index < -0.39 is 0 Å². The van der Waals surface area contributed by atoms with Gasteiger partial charge >= 0.3 is 0 Å². The summed E-state index contributed by atoms with van der Waals surface area (Å²) in [6, 6.07) is 0.266. The van der Waals surface area contributed by atoms with Gasteiger partial charge in [-0.05, 0) is 26.7 Å². The van der Waals surface area contributed by atoms with Gasteiger partial charge in [0.2, 0.25) is 0 Å². The molecule has 1 unspecified atom stereocenters. The molecule has 4 heteroatoms. The van der Waals surface area contributed by atoms with Gasteiger partial charge in [-0.3, -0.25) is 4.68 Å². The van der Waals surface area contributed by atoms with E-state index in [0.717, 1.165) is 25.1 Å². The van der Waals surface area contributed by atoms with Crippen LogP contribution in [0.1, 0.15) is 50.9 Å². The van der Waals surface area contributed by atoms with E-state index in [2.05, 4.69) is 37.4 Å². The maximum absolute atomic E-state index is 9.56. The molecular weight excluding hydrogens is 226 g/mol. The van der Waals surface area contributed by atoms with Crippen molar-refractivity contribution in [2.45, 2.75) is 46.6 Å². The molecule has 0 saturated heterocycles. The average Bonchev–Trinajstić information content (AvgIpc) is 2.70. The first-order valence-electron chi connectivity index (χ1n) is 6.82. The van der Waals surface area contributed by atoms with Crippen molar-refractivity contribution in [2.24, 2.45) is 12.5 Å². The van der Waals surface area contributed by atoms with Crippen LogP contribution in [0, 0.1) is 12.3 Å². The lowest BCUT2D eigenvalue weighted by Crippen LogP contribution is -2.37. The number of hydrogen-bond acceptors (Lipinski definition) is 3. The third-order valence-corrected chi connectivity index (χ3v) is 4.14. The van der Waals surface area contributed by atoms with Crippen molar-refractivity contribution in [3.8, 4) is 0 Å². The Kier molecular flexibility index (Phi) is 5.35. The zero-order valence-corrected chi connectivity index (χ0v) is 12.3. The number of aryl methyl sites for hydroxylation is 2. The largest absolute Gasteiger partial charge is 0.396 e. The van der Waals surface area contributed by atoms with E-state index in [-0.39, 0.29) is 18.1 Å². The van der Waals surface area contributed by atoms with Crippen molar-refractivity contribution in [2.75, 3.05) is 13.2 Å².